The Bertz CT molecular complexity index is 1020. The third-order valence-electron chi connectivity index (χ3n) is 3.42. The fourth-order valence-electron chi connectivity index (χ4n) is 2.10. The van der Waals surface area contributed by atoms with Crippen LogP contribution >= 0.6 is 11.3 Å². The maximum atomic E-state index is 13.8. The van der Waals surface area contributed by atoms with E-state index >= 15 is 0 Å². The molecule has 0 radical (unpaired) electrons. The highest BCUT2D eigenvalue weighted by Gasteiger charge is 2.19. The molecule has 26 heavy (non-hydrogen) atoms. The summed E-state index contributed by atoms with van der Waals surface area (Å²) < 4.78 is 50.7. The molecule has 3 aromatic rings. The van der Waals surface area contributed by atoms with Gasteiger partial charge in [0, 0.05) is 5.56 Å². The van der Waals surface area contributed by atoms with E-state index in [4.69, 9.17) is 9.47 Å². The molecule has 136 valence electrons. The highest BCUT2D eigenvalue weighted by atomic mass is 32.2. The van der Waals surface area contributed by atoms with Crippen molar-refractivity contribution in [2.24, 2.45) is 0 Å². The molecule has 3 rings (SSSR count). The van der Waals surface area contributed by atoms with E-state index < -0.39 is 15.8 Å². The average Bonchev–Trinajstić information content (AvgIpc) is 3.09. The number of rotatable bonds is 6. The van der Waals surface area contributed by atoms with E-state index in [2.05, 4.69) is 14.9 Å². The maximum Gasteiger partial charge on any atom is 0.263 e. The van der Waals surface area contributed by atoms with Gasteiger partial charge in [-0.3, -0.25) is 4.72 Å². The first-order valence-corrected chi connectivity index (χ1v) is 9.57. The molecule has 0 saturated heterocycles. The summed E-state index contributed by atoms with van der Waals surface area (Å²) in [6, 6.07) is 10.5. The van der Waals surface area contributed by atoms with E-state index in [1.807, 2.05) is 0 Å². The predicted molar refractivity (Wildman–Crippen MR) is 95.7 cm³/mol. The minimum Gasteiger partial charge on any atom is -0.497 e. The lowest BCUT2D eigenvalue weighted by atomic mass is 10.2. The number of nitrogens with zero attached hydrogens (tertiary/aromatic N) is 2. The number of hydrogen-bond donors (Lipinski definition) is 1. The molecule has 1 N–H and O–H groups in total. The third-order valence-corrected chi connectivity index (χ3v) is 5.77. The van der Waals surface area contributed by atoms with Gasteiger partial charge in [-0.2, -0.15) is 0 Å². The maximum absolute atomic E-state index is 13.8. The smallest absolute Gasteiger partial charge is 0.263 e. The first-order chi connectivity index (χ1) is 12.4. The van der Waals surface area contributed by atoms with Gasteiger partial charge in [0.2, 0.25) is 5.13 Å². The second-order valence-corrected chi connectivity index (χ2v) is 7.70. The van der Waals surface area contributed by atoms with Crippen LogP contribution in [-0.4, -0.2) is 32.8 Å². The van der Waals surface area contributed by atoms with Crippen LogP contribution in [0.25, 0.3) is 10.6 Å². The third kappa shape index (κ3) is 3.75. The van der Waals surface area contributed by atoms with Gasteiger partial charge in [0.1, 0.15) is 10.8 Å². The zero-order chi connectivity index (χ0) is 18.7. The van der Waals surface area contributed by atoms with E-state index in [1.165, 1.54) is 19.2 Å². The first-order valence-electron chi connectivity index (χ1n) is 7.27. The topological polar surface area (TPSA) is 90.4 Å². The van der Waals surface area contributed by atoms with E-state index in [0.29, 0.717) is 10.8 Å². The first kappa shape index (κ1) is 18.1. The van der Waals surface area contributed by atoms with Gasteiger partial charge < -0.3 is 9.47 Å². The number of nitrogens with one attached hydrogen (secondary N) is 1. The summed E-state index contributed by atoms with van der Waals surface area (Å²) in [7, 11) is -1.14. The van der Waals surface area contributed by atoms with Crippen molar-refractivity contribution < 1.29 is 22.3 Å². The molecule has 0 fully saturated rings. The summed E-state index contributed by atoms with van der Waals surface area (Å²) in [5.41, 5.74) is 0.768. The summed E-state index contributed by atoms with van der Waals surface area (Å²) in [5, 5.41) is 8.41. The largest absolute Gasteiger partial charge is 0.497 e. The van der Waals surface area contributed by atoms with Gasteiger partial charge in [-0.05, 0) is 42.5 Å². The van der Waals surface area contributed by atoms with Crippen LogP contribution in [0.4, 0.5) is 9.52 Å². The molecule has 0 saturated carbocycles. The number of methoxy groups -OCH3 is 2. The van der Waals surface area contributed by atoms with E-state index in [9.17, 15) is 12.8 Å². The van der Waals surface area contributed by atoms with Crippen molar-refractivity contribution in [1.82, 2.24) is 10.2 Å². The Morgan fingerprint density at radius 1 is 1.04 bits per heavy atom. The minimum absolute atomic E-state index is 0.0401. The van der Waals surface area contributed by atoms with Gasteiger partial charge in [-0.25, -0.2) is 12.8 Å². The van der Waals surface area contributed by atoms with Crippen LogP contribution in [0.1, 0.15) is 0 Å². The molecule has 0 aliphatic rings. The van der Waals surface area contributed by atoms with Crippen molar-refractivity contribution in [3.63, 3.8) is 0 Å². The molecular formula is C16H14FN3O4S2. The van der Waals surface area contributed by atoms with Crippen LogP contribution in [0.5, 0.6) is 11.5 Å². The highest BCUT2D eigenvalue weighted by Crippen LogP contribution is 2.29. The quantitative estimate of drug-likeness (QED) is 0.689. The molecule has 2 aromatic carbocycles. The number of hydrogen-bond acceptors (Lipinski definition) is 7. The highest BCUT2D eigenvalue weighted by molar-refractivity contribution is 7.93. The van der Waals surface area contributed by atoms with Crippen molar-refractivity contribution in [1.29, 1.82) is 0 Å². The van der Waals surface area contributed by atoms with Crippen molar-refractivity contribution in [2.45, 2.75) is 4.90 Å². The summed E-state index contributed by atoms with van der Waals surface area (Å²) in [4.78, 5) is -0.239. The van der Waals surface area contributed by atoms with Gasteiger partial charge in [0.05, 0.1) is 19.1 Å². The standard InChI is InChI=1S/C16H14FN3O4S2/c1-23-11-5-3-10(4-6-11)15-18-19-16(25-15)20-26(21,22)12-7-8-14(24-2)13(17)9-12/h3-9H,1-2H3,(H,19,20). The monoisotopic (exact) mass is 395 g/mol. The lowest BCUT2D eigenvalue weighted by Gasteiger charge is -2.06. The lowest BCUT2D eigenvalue weighted by Crippen LogP contribution is -2.13. The molecule has 1 aromatic heterocycles. The second kappa shape index (κ2) is 7.26. The van der Waals surface area contributed by atoms with Crippen LogP contribution in [0, 0.1) is 5.82 Å². The second-order valence-electron chi connectivity index (χ2n) is 5.04. The number of halogens is 1. The Balaban J connectivity index is 1.82. The number of anilines is 1. The molecule has 0 spiro atoms. The predicted octanol–water partition coefficient (Wildman–Crippen LogP) is 3.16. The number of aromatic nitrogens is 2. The van der Waals surface area contributed by atoms with Crippen molar-refractivity contribution in [3.05, 3.63) is 48.3 Å². The average molecular weight is 395 g/mol. The van der Waals surface area contributed by atoms with Crippen molar-refractivity contribution in [3.8, 4) is 22.1 Å². The molecular weight excluding hydrogens is 381 g/mol. The number of sulfonamides is 1. The summed E-state index contributed by atoms with van der Waals surface area (Å²) in [5.74, 6) is -0.117. The van der Waals surface area contributed by atoms with Crippen molar-refractivity contribution in [2.75, 3.05) is 18.9 Å². The molecule has 0 amide bonds. The fourth-order valence-corrected chi connectivity index (χ4v) is 4.09. The molecule has 0 bridgehead atoms. The lowest BCUT2D eigenvalue weighted by molar-refractivity contribution is 0.385. The zero-order valence-corrected chi connectivity index (χ0v) is 15.4. The van der Waals surface area contributed by atoms with Crippen LogP contribution < -0.4 is 14.2 Å². The van der Waals surface area contributed by atoms with E-state index in [-0.39, 0.29) is 15.8 Å². The molecule has 7 nitrogen and oxygen atoms in total. The number of ether oxygens (including phenoxy) is 2. The van der Waals surface area contributed by atoms with Crippen LogP contribution in [0.3, 0.4) is 0 Å². The summed E-state index contributed by atoms with van der Waals surface area (Å²) in [6.45, 7) is 0. The van der Waals surface area contributed by atoms with Gasteiger partial charge in [-0.1, -0.05) is 11.3 Å². The normalized spacial score (nSPS) is 11.2. The minimum atomic E-state index is -4.00. The molecule has 10 heteroatoms. The van der Waals surface area contributed by atoms with Gasteiger partial charge >= 0.3 is 0 Å². The Kier molecular flexibility index (Phi) is 5.05. The Morgan fingerprint density at radius 3 is 2.38 bits per heavy atom. The van der Waals surface area contributed by atoms with Crippen LogP contribution in [0.15, 0.2) is 47.4 Å². The fraction of sp³-hybridized carbons (Fsp3) is 0.125. The Hall–Kier alpha value is -2.72. The van der Waals surface area contributed by atoms with Crippen LogP contribution in [-0.2, 0) is 10.0 Å². The summed E-state index contributed by atoms with van der Waals surface area (Å²) >= 11 is 1.06. The zero-order valence-electron chi connectivity index (χ0n) is 13.8. The molecule has 0 aliphatic heterocycles. The Morgan fingerprint density at radius 2 is 1.77 bits per heavy atom. The van der Waals surface area contributed by atoms with Crippen molar-refractivity contribution >= 4 is 26.5 Å². The van der Waals surface area contributed by atoms with Gasteiger partial charge in [0.25, 0.3) is 10.0 Å². The molecule has 0 aliphatic carbocycles. The number of benzene rings is 2. The van der Waals surface area contributed by atoms with E-state index in [0.717, 1.165) is 23.0 Å². The van der Waals surface area contributed by atoms with Gasteiger partial charge in [-0.15, -0.1) is 10.2 Å². The molecule has 0 unspecified atom stereocenters. The summed E-state index contributed by atoms with van der Waals surface area (Å²) in [6.07, 6.45) is 0. The molecule has 0 atom stereocenters. The van der Waals surface area contributed by atoms with Gasteiger partial charge in [0.15, 0.2) is 11.6 Å². The SMILES string of the molecule is COc1ccc(-c2nnc(NS(=O)(=O)c3ccc(OC)c(F)c3)s2)cc1. The van der Waals surface area contributed by atoms with E-state index in [1.54, 1.807) is 31.4 Å². The Labute approximate surface area is 153 Å². The molecule has 1 heterocycles. The van der Waals surface area contributed by atoms with Crippen LogP contribution in [0.2, 0.25) is 0 Å².